The molecule has 1 N–H and O–H groups in total. The number of likely N-dealkylation sites (tertiary alicyclic amines) is 1. The number of aliphatic hydroxyl groups is 1. The second-order valence-electron chi connectivity index (χ2n) is 5.39. The molecule has 5 heteroatoms. The van der Waals surface area contributed by atoms with Crippen LogP contribution in [-0.4, -0.2) is 55.0 Å². The Morgan fingerprint density at radius 1 is 1.50 bits per heavy atom. The Labute approximate surface area is 115 Å². The van der Waals surface area contributed by atoms with Crippen LogP contribution in [0.1, 0.15) is 20.3 Å². The zero-order chi connectivity index (χ0) is 11.6. The van der Waals surface area contributed by atoms with Gasteiger partial charge in [0.2, 0.25) is 0 Å². The van der Waals surface area contributed by atoms with Gasteiger partial charge in [0.05, 0.1) is 20.7 Å². The molecule has 2 unspecified atom stereocenters. The van der Waals surface area contributed by atoms with Gasteiger partial charge in [0.1, 0.15) is 12.6 Å². The van der Waals surface area contributed by atoms with Crippen molar-refractivity contribution in [1.29, 1.82) is 0 Å². The van der Waals surface area contributed by atoms with Gasteiger partial charge in [-0.1, -0.05) is 13.8 Å². The van der Waals surface area contributed by atoms with E-state index in [2.05, 4.69) is 0 Å². The molecule has 0 aliphatic carbocycles. The molecule has 0 bridgehead atoms. The minimum atomic E-state index is -0.378. The van der Waals surface area contributed by atoms with E-state index in [1.807, 2.05) is 27.9 Å². The van der Waals surface area contributed by atoms with Crippen LogP contribution in [0.25, 0.3) is 0 Å². The first kappa shape index (κ1) is 16.1. The smallest absolute Gasteiger partial charge is 0.365 e. The summed E-state index contributed by atoms with van der Waals surface area (Å²) in [6.45, 7) is 5.11. The number of esters is 1. The molecule has 1 heterocycles. The van der Waals surface area contributed by atoms with Crippen LogP contribution in [0, 0.1) is 5.92 Å². The Bertz CT molecular complexity index is 243. The van der Waals surface area contributed by atoms with E-state index in [0.29, 0.717) is 30.0 Å². The van der Waals surface area contributed by atoms with E-state index in [9.17, 15) is 9.90 Å². The highest BCUT2D eigenvalue weighted by atomic mass is 127. The number of halogens is 1. The summed E-state index contributed by atoms with van der Waals surface area (Å²) in [7, 11) is 3.91. The minimum Gasteiger partial charge on any atom is -1.00 e. The Balaban J connectivity index is 0.00000225. The van der Waals surface area contributed by atoms with Crippen LogP contribution in [0.15, 0.2) is 0 Å². The zero-order valence-corrected chi connectivity index (χ0v) is 12.6. The van der Waals surface area contributed by atoms with Crippen LogP contribution in [0.5, 0.6) is 0 Å². The van der Waals surface area contributed by atoms with Gasteiger partial charge < -0.3 is 38.3 Å². The van der Waals surface area contributed by atoms with Gasteiger partial charge in [-0.15, -0.1) is 0 Å². The van der Waals surface area contributed by atoms with E-state index in [-0.39, 0.29) is 42.1 Å². The van der Waals surface area contributed by atoms with E-state index in [1.54, 1.807) is 0 Å². The molecule has 0 aromatic rings. The molecule has 0 radical (unpaired) electrons. The van der Waals surface area contributed by atoms with Crippen molar-refractivity contribution in [3.63, 3.8) is 0 Å². The second-order valence-corrected chi connectivity index (χ2v) is 5.39. The predicted molar refractivity (Wildman–Crippen MR) is 57.2 cm³/mol. The lowest BCUT2D eigenvalue weighted by Crippen LogP contribution is -3.00. The number of rotatable bonds is 3. The molecule has 1 saturated heterocycles. The first-order chi connectivity index (χ1) is 6.83. The largest absolute Gasteiger partial charge is 1.00 e. The molecule has 0 aromatic heterocycles. The number of aliphatic hydroxyl groups excluding tert-OH is 1. The van der Waals surface area contributed by atoms with Crippen molar-refractivity contribution in [1.82, 2.24) is 0 Å². The summed E-state index contributed by atoms with van der Waals surface area (Å²) >= 11 is 0. The normalized spacial score (nSPS) is 27.6. The molecule has 2 atom stereocenters. The van der Waals surface area contributed by atoms with Gasteiger partial charge in [-0.2, -0.15) is 0 Å². The predicted octanol–water partition coefficient (Wildman–Crippen LogP) is -2.60. The van der Waals surface area contributed by atoms with Crippen LogP contribution in [0.4, 0.5) is 0 Å². The third-order valence-corrected chi connectivity index (χ3v) is 2.85. The monoisotopic (exact) mass is 343 g/mol. The van der Waals surface area contributed by atoms with Gasteiger partial charge >= 0.3 is 5.97 Å². The van der Waals surface area contributed by atoms with E-state index >= 15 is 0 Å². The summed E-state index contributed by atoms with van der Waals surface area (Å²) in [5.41, 5.74) is 0. The Morgan fingerprint density at radius 3 is 2.44 bits per heavy atom. The Kier molecular flexibility index (Phi) is 6.21. The topological polar surface area (TPSA) is 46.5 Å². The Morgan fingerprint density at radius 2 is 2.06 bits per heavy atom. The summed E-state index contributed by atoms with van der Waals surface area (Å²) in [5.74, 6) is 0.182. The highest BCUT2D eigenvalue weighted by molar-refractivity contribution is 5.74. The van der Waals surface area contributed by atoms with Crippen LogP contribution in [0.2, 0.25) is 0 Å². The summed E-state index contributed by atoms with van der Waals surface area (Å²) in [6, 6.07) is -0.209. The quantitative estimate of drug-likeness (QED) is 0.347. The van der Waals surface area contributed by atoms with E-state index in [0.717, 1.165) is 0 Å². The summed E-state index contributed by atoms with van der Waals surface area (Å²) in [4.78, 5) is 11.8. The highest BCUT2D eigenvalue weighted by Crippen LogP contribution is 2.23. The summed E-state index contributed by atoms with van der Waals surface area (Å²) in [5, 5.41) is 9.54. The lowest BCUT2D eigenvalue weighted by atomic mass is 10.2. The van der Waals surface area contributed by atoms with E-state index < -0.39 is 0 Å². The molecule has 0 amide bonds. The van der Waals surface area contributed by atoms with Crippen molar-refractivity contribution in [3.05, 3.63) is 0 Å². The average Bonchev–Trinajstić information content (AvgIpc) is 2.35. The van der Waals surface area contributed by atoms with Crippen LogP contribution in [0.3, 0.4) is 0 Å². The first-order valence-electron chi connectivity index (χ1n) is 5.50. The van der Waals surface area contributed by atoms with Gasteiger partial charge in [-0.25, -0.2) is 4.79 Å². The molecular formula is C11H22INO3. The Hall–Kier alpha value is 0.120. The fourth-order valence-electron chi connectivity index (χ4n) is 2.01. The van der Waals surface area contributed by atoms with Gasteiger partial charge in [-0.3, -0.25) is 0 Å². The fourth-order valence-corrected chi connectivity index (χ4v) is 2.01. The number of nitrogens with zero attached hydrogens (tertiary/aromatic N) is 1. The van der Waals surface area contributed by atoms with Crippen LogP contribution >= 0.6 is 0 Å². The van der Waals surface area contributed by atoms with Crippen molar-refractivity contribution in [2.45, 2.75) is 32.4 Å². The van der Waals surface area contributed by atoms with Crippen molar-refractivity contribution in [3.8, 4) is 0 Å². The van der Waals surface area contributed by atoms with E-state index in [4.69, 9.17) is 4.74 Å². The number of ether oxygens (including phenoxy) is 1. The lowest BCUT2D eigenvalue weighted by Gasteiger charge is -2.29. The molecule has 16 heavy (non-hydrogen) atoms. The molecule has 1 fully saturated rings. The maximum absolute atomic E-state index is 11.8. The molecular weight excluding hydrogens is 321 g/mol. The third-order valence-electron chi connectivity index (χ3n) is 2.85. The molecule has 1 aliphatic heterocycles. The first-order valence-corrected chi connectivity index (χ1v) is 5.50. The highest BCUT2D eigenvalue weighted by Gasteiger charge is 2.45. The molecule has 1 rings (SSSR count). The molecule has 4 nitrogen and oxygen atoms in total. The number of carbonyl (C=O) groups is 1. The van der Waals surface area contributed by atoms with Gasteiger partial charge in [-0.05, 0) is 5.92 Å². The fraction of sp³-hybridized carbons (Fsp3) is 0.909. The van der Waals surface area contributed by atoms with Gasteiger partial charge in [0.25, 0.3) is 0 Å². The molecule has 1 aliphatic rings. The third kappa shape index (κ3) is 4.18. The van der Waals surface area contributed by atoms with Gasteiger partial charge in [0, 0.05) is 6.42 Å². The standard InChI is InChI=1S/C11H22NO3.HI/c1-8(2)7-15-11(14)10-5-9(13)6-12(10,3)4;/h8-10,13H,5-7H2,1-4H3;1H/q+1;/p-1. The second kappa shape index (κ2) is 6.16. The molecule has 0 aromatic carbocycles. The molecule has 0 saturated carbocycles. The minimum absolute atomic E-state index is 0. The summed E-state index contributed by atoms with van der Waals surface area (Å²) in [6.07, 6.45) is 0.140. The molecule has 96 valence electrons. The number of carbonyl (C=O) groups excluding carboxylic acids is 1. The number of hydrogen-bond acceptors (Lipinski definition) is 3. The molecule has 0 spiro atoms. The van der Waals surface area contributed by atoms with Crippen molar-refractivity contribution in [2.24, 2.45) is 5.92 Å². The maximum Gasteiger partial charge on any atom is 0.365 e. The maximum atomic E-state index is 11.8. The zero-order valence-electron chi connectivity index (χ0n) is 10.4. The van der Waals surface area contributed by atoms with Gasteiger partial charge in [0.15, 0.2) is 6.04 Å². The lowest BCUT2D eigenvalue weighted by molar-refractivity contribution is -0.895. The van der Waals surface area contributed by atoms with Crippen molar-refractivity contribution < 1.29 is 43.1 Å². The van der Waals surface area contributed by atoms with Crippen LogP contribution < -0.4 is 24.0 Å². The average molecular weight is 343 g/mol. The SMILES string of the molecule is CC(C)COC(=O)C1CC(O)C[N+]1(C)C.[I-]. The van der Waals surface area contributed by atoms with Crippen LogP contribution in [-0.2, 0) is 9.53 Å². The number of quaternary nitrogens is 1. The van der Waals surface area contributed by atoms with Crippen molar-refractivity contribution >= 4 is 5.97 Å². The van der Waals surface area contributed by atoms with Crippen molar-refractivity contribution in [2.75, 3.05) is 27.2 Å². The van der Waals surface area contributed by atoms with E-state index in [1.165, 1.54) is 0 Å². The number of likely N-dealkylation sites (N-methyl/N-ethyl adjacent to an activating group) is 1. The number of hydrogen-bond donors (Lipinski definition) is 1. The summed E-state index contributed by atoms with van der Waals surface area (Å²) < 4.78 is 5.73.